The van der Waals surface area contributed by atoms with E-state index >= 15 is 0 Å². The number of allylic oxidation sites excluding steroid dienone is 1. The average molecular weight is 298 g/mol. The largest absolute Gasteiger partial charge is 0.311 e. The first kappa shape index (κ1) is 15.3. The van der Waals surface area contributed by atoms with E-state index in [0.29, 0.717) is 6.54 Å². The molecule has 118 valence electrons. The van der Waals surface area contributed by atoms with Crippen LogP contribution in [0.1, 0.15) is 44.1 Å². The summed E-state index contributed by atoms with van der Waals surface area (Å²) in [7, 11) is 0. The number of carbonyl (C=O) groups excluding carboxylic acids is 1. The van der Waals surface area contributed by atoms with Crippen molar-refractivity contribution in [1.82, 2.24) is 5.32 Å². The first-order valence-electron chi connectivity index (χ1n) is 8.61. The van der Waals surface area contributed by atoms with Crippen molar-refractivity contribution in [3.8, 4) is 0 Å². The maximum absolute atomic E-state index is 12.5. The summed E-state index contributed by atoms with van der Waals surface area (Å²) in [5.41, 5.74) is 3.97. The first-order chi connectivity index (χ1) is 10.8. The van der Waals surface area contributed by atoms with Crippen molar-refractivity contribution >= 4 is 11.6 Å². The van der Waals surface area contributed by atoms with Gasteiger partial charge in [-0.3, -0.25) is 4.79 Å². The Bertz CT molecular complexity index is 550. The second-order valence-electron chi connectivity index (χ2n) is 6.31. The van der Waals surface area contributed by atoms with Crippen LogP contribution in [0.3, 0.4) is 0 Å². The fourth-order valence-electron chi connectivity index (χ4n) is 3.46. The zero-order valence-corrected chi connectivity index (χ0v) is 13.3. The van der Waals surface area contributed by atoms with E-state index in [9.17, 15) is 4.79 Å². The predicted octanol–water partition coefficient (Wildman–Crippen LogP) is 3.45. The molecule has 0 atom stereocenters. The highest BCUT2D eigenvalue weighted by Crippen LogP contribution is 2.26. The Morgan fingerprint density at radius 1 is 1.14 bits per heavy atom. The van der Waals surface area contributed by atoms with Gasteiger partial charge in [-0.15, -0.1) is 0 Å². The molecule has 1 aliphatic heterocycles. The molecular weight excluding hydrogens is 272 g/mol. The van der Waals surface area contributed by atoms with E-state index in [1.54, 1.807) is 5.57 Å². The van der Waals surface area contributed by atoms with Gasteiger partial charge in [0.25, 0.3) is 0 Å². The molecule has 0 bridgehead atoms. The van der Waals surface area contributed by atoms with E-state index in [1.165, 1.54) is 31.2 Å². The van der Waals surface area contributed by atoms with Crippen molar-refractivity contribution in [1.29, 1.82) is 0 Å². The van der Waals surface area contributed by atoms with Crippen molar-refractivity contribution in [3.05, 3.63) is 41.5 Å². The fraction of sp³-hybridized carbons (Fsp3) is 0.526. The van der Waals surface area contributed by atoms with Crippen LogP contribution in [0.25, 0.3) is 0 Å². The summed E-state index contributed by atoms with van der Waals surface area (Å²) in [6.45, 7) is 2.21. The van der Waals surface area contributed by atoms with Gasteiger partial charge in [-0.05, 0) is 63.1 Å². The molecule has 0 unspecified atom stereocenters. The van der Waals surface area contributed by atoms with Crippen LogP contribution in [0.5, 0.6) is 0 Å². The third-order valence-electron chi connectivity index (χ3n) is 4.70. The zero-order valence-electron chi connectivity index (χ0n) is 13.3. The van der Waals surface area contributed by atoms with Crippen LogP contribution < -0.4 is 10.2 Å². The van der Waals surface area contributed by atoms with E-state index in [2.05, 4.69) is 29.6 Å². The van der Waals surface area contributed by atoms with Crippen LogP contribution in [0, 0.1) is 0 Å². The molecule has 1 N–H and O–H groups in total. The lowest BCUT2D eigenvalue weighted by Crippen LogP contribution is -2.41. The van der Waals surface area contributed by atoms with Crippen LogP contribution in [-0.4, -0.2) is 25.5 Å². The molecular formula is C19H26N2O. The SMILES string of the molecule is O=C(CNCCC1=CCCCC1)N1CCCc2ccccc21. The lowest BCUT2D eigenvalue weighted by atomic mass is 9.97. The van der Waals surface area contributed by atoms with Gasteiger partial charge in [0.05, 0.1) is 6.54 Å². The molecule has 0 fully saturated rings. The van der Waals surface area contributed by atoms with E-state index < -0.39 is 0 Å². The highest BCUT2D eigenvalue weighted by molar-refractivity contribution is 5.95. The van der Waals surface area contributed by atoms with Crippen molar-refractivity contribution in [2.24, 2.45) is 0 Å². The minimum absolute atomic E-state index is 0.199. The van der Waals surface area contributed by atoms with Crippen molar-refractivity contribution in [2.45, 2.75) is 44.9 Å². The molecule has 3 rings (SSSR count). The second kappa shape index (κ2) is 7.59. The number of aryl methyl sites for hydroxylation is 1. The Labute approximate surface area is 133 Å². The summed E-state index contributed by atoms with van der Waals surface area (Å²) in [5.74, 6) is 0.199. The number of nitrogens with one attached hydrogen (secondary N) is 1. The van der Waals surface area contributed by atoms with Gasteiger partial charge < -0.3 is 10.2 Å². The molecule has 0 saturated carbocycles. The molecule has 1 aliphatic carbocycles. The molecule has 2 aliphatic rings. The number of fused-ring (bicyclic) bond motifs is 1. The number of rotatable bonds is 5. The Kier molecular flexibility index (Phi) is 5.28. The number of hydrogen-bond acceptors (Lipinski definition) is 2. The standard InChI is InChI=1S/C19H26N2O/c22-19(15-20-13-12-16-7-2-1-3-8-16)21-14-6-10-17-9-4-5-11-18(17)21/h4-5,7,9,11,20H,1-3,6,8,10,12-15H2. The number of hydrogen-bond donors (Lipinski definition) is 1. The van der Waals surface area contributed by atoms with Gasteiger partial charge in [-0.1, -0.05) is 29.8 Å². The number of benzene rings is 1. The van der Waals surface area contributed by atoms with Crippen molar-refractivity contribution in [3.63, 3.8) is 0 Å². The summed E-state index contributed by atoms with van der Waals surface area (Å²) in [4.78, 5) is 14.4. The monoisotopic (exact) mass is 298 g/mol. The second-order valence-corrected chi connectivity index (χ2v) is 6.31. The molecule has 1 aromatic rings. The fourth-order valence-corrected chi connectivity index (χ4v) is 3.46. The van der Waals surface area contributed by atoms with Gasteiger partial charge in [-0.2, -0.15) is 0 Å². The van der Waals surface area contributed by atoms with Crippen LogP contribution in [-0.2, 0) is 11.2 Å². The molecule has 0 spiro atoms. The van der Waals surface area contributed by atoms with E-state index in [1.807, 2.05) is 11.0 Å². The molecule has 0 aromatic heterocycles. The summed E-state index contributed by atoms with van der Waals surface area (Å²) in [6, 6.07) is 8.29. The van der Waals surface area contributed by atoms with Gasteiger partial charge in [0, 0.05) is 12.2 Å². The normalized spacial score (nSPS) is 17.8. The number of anilines is 1. The molecule has 0 saturated heterocycles. The third-order valence-corrected chi connectivity index (χ3v) is 4.70. The smallest absolute Gasteiger partial charge is 0.240 e. The number of carbonyl (C=O) groups is 1. The molecule has 0 radical (unpaired) electrons. The Hall–Kier alpha value is -1.61. The Morgan fingerprint density at radius 3 is 2.91 bits per heavy atom. The van der Waals surface area contributed by atoms with E-state index in [0.717, 1.165) is 38.0 Å². The topological polar surface area (TPSA) is 32.3 Å². The van der Waals surface area contributed by atoms with E-state index in [-0.39, 0.29) is 5.91 Å². The number of para-hydroxylation sites is 1. The Balaban J connectivity index is 1.47. The minimum Gasteiger partial charge on any atom is -0.311 e. The number of amides is 1. The van der Waals surface area contributed by atoms with Crippen molar-refractivity contribution < 1.29 is 4.79 Å². The maximum Gasteiger partial charge on any atom is 0.240 e. The molecule has 1 aromatic carbocycles. The van der Waals surface area contributed by atoms with Gasteiger partial charge in [0.1, 0.15) is 0 Å². The van der Waals surface area contributed by atoms with Crippen LogP contribution in [0.15, 0.2) is 35.9 Å². The van der Waals surface area contributed by atoms with Crippen LogP contribution >= 0.6 is 0 Å². The highest BCUT2D eigenvalue weighted by atomic mass is 16.2. The lowest BCUT2D eigenvalue weighted by Gasteiger charge is -2.29. The lowest BCUT2D eigenvalue weighted by molar-refractivity contribution is -0.117. The average Bonchev–Trinajstić information content (AvgIpc) is 2.59. The summed E-state index contributed by atoms with van der Waals surface area (Å²) in [6.07, 6.45) is 10.8. The van der Waals surface area contributed by atoms with Gasteiger partial charge in [0.2, 0.25) is 5.91 Å². The molecule has 22 heavy (non-hydrogen) atoms. The van der Waals surface area contributed by atoms with Crippen LogP contribution in [0.4, 0.5) is 5.69 Å². The summed E-state index contributed by atoms with van der Waals surface area (Å²) < 4.78 is 0. The molecule has 3 nitrogen and oxygen atoms in total. The van der Waals surface area contributed by atoms with Gasteiger partial charge in [0.15, 0.2) is 0 Å². The number of nitrogens with zero attached hydrogens (tertiary/aromatic N) is 1. The summed E-state index contributed by atoms with van der Waals surface area (Å²) in [5, 5.41) is 3.33. The van der Waals surface area contributed by atoms with Crippen LogP contribution in [0.2, 0.25) is 0 Å². The summed E-state index contributed by atoms with van der Waals surface area (Å²) >= 11 is 0. The highest BCUT2D eigenvalue weighted by Gasteiger charge is 2.21. The molecule has 1 heterocycles. The van der Waals surface area contributed by atoms with Gasteiger partial charge in [-0.25, -0.2) is 0 Å². The molecule has 3 heteroatoms. The van der Waals surface area contributed by atoms with Gasteiger partial charge >= 0.3 is 0 Å². The quantitative estimate of drug-likeness (QED) is 0.667. The molecule has 1 amide bonds. The maximum atomic E-state index is 12.5. The first-order valence-corrected chi connectivity index (χ1v) is 8.61. The van der Waals surface area contributed by atoms with Crippen molar-refractivity contribution in [2.75, 3.05) is 24.5 Å². The minimum atomic E-state index is 0.199. The third kappa shape index (κ3) is 3.77. The zero-order chi connectivity index (χ0) is 15.2. The Morgan fingerprint density at radius 2 is 2.05 bits per heavy atom. The van der Waals surface area contributed by atoms with E-state index in [4.69, 9.17) is 0 Å². The predicted molar refractivity (Wildman–Crippen MR) is 91.2 cm³/mol.